The number of aliphatic hydroxyl groups is 1. The summed E-state index contributed by atoms with van der Waals surface area (Å²) in [6, 6.07) is 6.23. The second kappa shape index (κ2) is 8.46. The predicted octanol–water partition coefficient (Wildman–Crippen LogP) is 4.02. The van der Waals surface area contributed by atoms with E-state index in [1.807, 2.05) is 0 Å². The van der Waals surface area contributed by atoms with Gasteiger partial charge in [0, 0.05) is 17.2 Å². The van der Waals surface area contributed by atoms with E-state index in [1.165, 1.54) is 24.3 Å². The number of para-hydroxylation sites is 1. The van der Waals surface area contributed by atoms with Crippen LogP contribution < -0.4 is 15.5 Å². The zero-order chi connectivity index (χ0) is 23.0. The van der Waals surface area contributed by atoms with Gasteiger partial charge in [-0.15, -0.1) is 0 Å². The summed E-state index contributed by atoms with van der Waals surface area (Å²) in [6.45, 7) is 3.17. The number of nitrogens with zero attached hydrogens (tertiary/aromatic N) is 3. The highest BCUT2D eigenvalue weighted by Crippen LogP contribution is 2.39. The fourth-order valence-corrected chi connectivity index (χ4v) is 3.52. The summed E-state index contributed by atoms with van der Waals surface area (Å²) in [4.78, 5) is 22.4. The van der Waals surface area contributed by atoms with Gasteiger partial charge in [-0.05, 0) is 49.7 Å². The van der Waals surface area contributed by atoms with Gasteiger partial charge < -0.3 is 15.7 Å². The van der Waals surface area contributed by atoms with Gasteiger partial charge in [-0.25, -0.2) is 27.8 Å². The zero-order valence-corrected chi connectivity index (χ0v) is 17.3. The first-order chi connectivity index (χ1) is 15.3. The molecule has 1 aromatic heterocycles. The molecule has 1 aliphatic heterocycles. The molecule has 7 nitrogen and oxygen atoms in total. The van der Waals surface area contributed by atoms with Crippen LogP contribution in [0.1, 0.15) is 18.1 Å². The van der Waals surface area contributed by atoms with Gasteiger partial charge in [0.05, 0.1) is 18.8 Å². The predicted molar refractivity (Wildman–Crippen MR) is 113 cm³/mol. The summed E-state index contributed by atoms with van der Waals surface area (Å²) in [7, 11) is 0. The molecule has 0 aliphatic carbocycles. The number of hydrogen-bond donors (Lipinski definition) is 3. The number of halogens is 3. The number of carbonyl (C=O) groups is 1. The lowest BCUT2D eigenvalue weighted by Gasteiger charge is -2.31. The third-order valence-electron chi connectivity index (χ3n) is 5.07. The molecule has 0 saturated heterocycles. The van der Waals surface area contributed by atoms with E-state index in [2.05, 4.69) is 20.6 Å². The highest BCUT2D eigenvalue weighted by atomic mass is 19.1. The van der Waals surface area contributed by atoms with Crippen molar-refractivity contribution in [1.29, 1.82) is 0 Å². The van der Waals surface area contributed by atoms with Crippen LogP contribution in [0.15, 0.2) is 36.4 Å². The van der Waals surface area contributed by atoms with Crippen LogP contribution in [0.4, 0.5) is 35.4 Å². The number of benzene rings is 2. The van der Waals surface area contributed by atoms with Gasteiger partial charge in [-0.1, -0.05) is 6.07 Å². The van der Waals surface area contributed by atoms with Crippen LogP contribution in [0.2, 0.25) is 0 Å². The average Bonchev–Trinajstić information content (AvgIpc) is 2.74. The number of hydrogen-bond acceptors (Lipinski definition) is 5. The zero-order valence-electron chi connectivity index (χ0n) is 17.3. The molecule has 3 N–H and O–H groups in total. The van der Waals surface area contributed by atoms with Crippen molar-refractivity contribution in [1.82, 2.24) is 15.3 Å². The molecule has 0 fully saturated rings. The van der Waals surface area contributed by atoms with Crippen molar-refractivity contribution >= 4 is 23.5 Å². The van der Waals surface area contributed by atoms with Crippen LogP contribution in [0.25, 0.3) is 11.3 Å². The van der Waals surface area contributed by atoms with Gasteiger partial charge in [0.2, 0.25) is 5.95 Å². The summed E-state index contributed by atoms with van der Waals surface area (Å²) in [5.74, 6) is -2.28. The van der Waals surface area contributed by atoms with E-state index in [0.29, 0.717) is 22.4 Å². The summed E-state index contributed by atoms with van der Waals surface area (Å²) in [6.07, 6.45) is 0. The number of anilines is 3. The monoisotopic (exact) mass is 443 g/mol. The van der Waals surface area contributed by atoms with Crippen LogP contribution in [-0.2, 0) is 6.54 Å². The van der Waals surface area contributed by atoms with Crippen LogP contribution in [0, 0.1) is 24.4 Å². The van der Waals surface area contributed by atoms with Crippen molar-refractivity contribution in [3.05, 3.63) is 65.0 Å². The number of aliphatic hydroxyl groups excluding tert-OH is 1. The Morgan fingerprint density at radius 3 is 2.56 bits per heavy atom. The topological polar surface area (TPSA) is 90.4 Å². The first kappa shape index (κ1) is 21.6. The van der Waals surface area contributed by atoms with Gasteiger partial charge in [0.15, 0.2) is 5.82 Å². The second-order valence-corrected chi connectivity index (χ2v) is 7.45. The minimum atomic E-state index is -0.940. The van der Waals surface area contributed by atoms with Crippen molar-refractivity contribution in [2.45, 2.75) is 26.4 Å². The van der Waals surface area contributed by atoms with Crippen LogP contribution >= 0.6 is 0 Å². The molecule has 4 rings (SSSR count). The lowest BCUT2D eigenvalue weighted by molar-refractivity contribution is 0.246. The number of aryl methyl sites for hydroxylation is 1. The molecule has 32 heavy (non-hydrogen) atoms. The van der Waals surface area contributed by atoms with Crippen molar-refractivity contribution in [2.75, 3.05) is 16.8 Å². The largest absolute Gasteiger partial charge is 0.394 e. The summed E-state index contributed by atoms with van der Waals surface area (Å²) >= 11 is 0. The Balaban J connectivity index is 1.99. The Hall–Kier alpha value is -3.66. The first-order valence-electron chi connectivity index (χ1n) is 9.87. The summed E-state index contributed by atoms with van der Waals surface area (Å²) in [5.41, 5.74) is 1.33. The van der Waals surface area contributed by atoms with E-state index < -0.39 is 35.2 Å². The molecule has 2 heterocycles. The lowest BCUT2D eigenvalue weighted by atomic mass is 10.00. The standard InChI is InChI=1S/C22H20F3N5O2/c1-11-8-13(23)6-7-14(11)18-15-9-26-22(32)30(19-16(24)4-3-5-17(19)25)20(15)29-21(28-18)27-12(2)10-31/h3-8,12,31H,9-10H2,1-2H3,(H,26,32)(H,27,28,29)/t12-/m0/s1. The molecule has 1 atom stereocenters. The van der Waals surface area contributed by atoms with Crippen LogP contribution in [0.5, 0.6) is 0 Å². The van der Waals surface area contributed by atoms with Gasteiger partial charge in [0.1, 0.15) is 23.1 Å². The molecule has 10 heteroatoms. The smallest absolute Gasteiger partial charge is 0.328 e. The number of amides is 2. The van der Waals surface area contributed by atoms with Crippen molar-refractivity contribution in [3.63, 3.8) is 0 Å². The van der Waals surface area contributed by atoms with Crippen LogP contribution in [-0.4, -0.2) is 33.8 Å². The fourth-order valence-electron chi connectivity index (χ4n) is 3.52. The number of carbonyl (C=O) groups excluding carboxylic acids is 1. The van der Waals surface area contributed by atoms with E-state index >= 15 is 0 Å². The maximum Gasteiger partial charge on any atom is 0.328 e. The number of fused-ring (bicyclic) bond motifs is 1. The van der Waals surface area contributed by atoms with Gasteiger partial charge >= 0.3 is 6.03 Å². The van der Waals surface area contributed by atoms with E-state index in [4.69, 9.17) is 0 Å². The van der Waals surface area contributed by atoms with Gasteiger partial charge in [0.25, 0.3) is 0 Å². The lowest BCUT2D eigenvalue weighted by Crippen LogP contribution is -2.43. The van der Waals surface area contributed by atoms with Gasteiger partial charge in [-0.2, -0.15) is 4.98 Å². The van der Waals surface area contributed by atoms with E-state index in [1.54, 1.807) is 13.8 Å². The Morgan fingerprint density at radius 1 is 1.19 bits per heavy atom. The summed E-state index contributed by atoms with van der Waals surface area (Å²) < 4.78 is 42.9. The SMILES string of the molecule is Cc1cc(F)ccc1-c1nc(N[C@@H](C)CO)nc2c1CNC(=O)N2c1c(F)cccc1F. The Kier molecular flexibility index (Phi) is 5.70. The van der Waals surface area contributed by atoms with Crippen LogP contribution in [0.3, 0.4) is 0 Å². The Labute approximate surface area is 181 Å². The molecule has 3 aromatic rings. The highest BCUT2D eigenvalue weighted by Gasteiger charge is 2.34. The van der Waals surface area contributed by atoms with E-state index in [0.717, 1.165) is 17.0 Å². The minimum Gasteiger partial charge on any atom is -0.394 e. The van der Waals surface area contributed by atoms with E-state index in [-0.39, 0.29) is 24.9 Å². The number of aromatic nitrogens is 2. The molecule has 0 bridgehead atoms. The van der Waals surface area contributed by atoms with Crippen molar-refractivity contribution in [3.8, 4) is 11.3 Å². The minimum absolute atomic E-state index is 0.00270. The maximum absolute atomic E-state index is 14.6. The highest BCUT2D eigenvalue weighted by molar-refractivity contribution is 6.02. The molecule has 2 aromatic carbocycles. The molecular formula is C22H20F3N5O2. The molecule has 1 aliphatic rings. The molecular weight excluding hydrogens is 423 g/mol. The van der Waals surface area contributed by atoms with Crippen molar-refractivity contribution in [2.24, 2.45) is 0 Å². The van der Waals surface area contributed by atoms with E-state index in [9.17, 15) is 23.1 Å². The molecule has 166 valence electrons. The van der Waals surface area contributed by atoms with Gasteiger partial charge in [-0.3, -0.25) is 0 Å². The first-order valence-corrected chi connectivity index (χ1v) is 9.87. The molecule has 0 spiro atoms. The Bertz CT molecular complexity index is 1180. The third-order valence-corrected chi connectivity index (χ3v) is 5.07. The quantitative estimate of drug-likeness (QED) is 0.554. The Morgan fingerprint density at radius 2 is 1.91 bits per heavy atom. The third kappa shape index (κ3) is 3.84. The normalized spacial score (nSPS) is 14.1. The second-order valence-electron chi connectivity index (χ2n) is 7.45. The fraction of sp³-hybridized carbons (Fsp3) is 0.227. The molecule has 0 unspecified atom stereocenters. The summed E-state index contributed by atoms with van der Waals surface area (Å²) in [5, 5.41) is 14.9. The number of urea groups is 1. The molecule has 2 amide bonds. The molecule has 0 saturated carbocycles. The maximum atomic E-state index is 14.6. The number of rotatable bonds is 5. The molecule has 0 radical (unpaired) electrons. The number of nitrogens with one attached hydrogen (secondary N) is 2. The van der Waals surface area contributed by atoms with Crippen molar-refractivity contribution < 1.29 is 23.1 Å². The average molecular weight is 443 g/mol.